The Bertz CT molecular complexity index is 1220. The summed E-state index contributed by atoms with van der Waals surface area (Å²) in [6, 6.07) is 5.18. The number of fused-ring (bicyclic) bond motifs is 1. The molecule has 14 heteroatoms. The van der Waals surface area contributed by atoms with Crippen LogP contribution in [0.15, 0.2) is 28.6 Å². The van der Waals surface area contributed by atoms with Gasteiger partial charge in [0.2, 0.25) is 5.91 Å². The summed E-state index contributed by atoms with van der Waals surface area (Å²) in [5.41, 5.74) is -0.537. The molecule has 0 radical (unpaired) electrons. The van der Waals surface area contributed by atoms with Gasteiger partial charge in [0, 0.05) is 23.7 Å². The number of aryl methyl sites for hydroxylation is 1. The van der Waals surface area contributed by atoms with E-state index in [0.717, 1.165) is 5.01 Å². The van der Waals surface area contributed by atoms with Crippen molar-refractivity contribution >= 4 is 64.3 Å². The lowest BCUT2D eigenvalue weighted by molar-refractivity contribution is -0.156. The number of rotatable bonds is 10. The second kappa shape index (κ2) is 11.6. The minimum atomic E-state index is -1.18. The average molecular weight is 581 g/mol. The predicted octanol–water partition coefficient (Wildman–Crippen LogP) is 2.13. The summed E-state index contributed by atoms with van der Waals surface area (Å²) >= 11 is 3.98. The number of thioether (sulfide) groups is 2. The van der Waals surface area contributed by atoms with Crippen LogP contribution in [0, 0.1) is 18.3 Å². The number of hydrogen-bond acceptors (Lipinski definition) is 11. The number of carboxylic acids is 1. The van der Waals surface area contributed by atoms with Crippen LogP contribution in [0.2, 0.25) is 0 Å². The van der Waals surface area contributed by atoms with E-state index < -0.39 is 47.2 Å². The molecule has 2 unspecified atom stereocenters. The van der Waals surface area contributed by atoms with Crippen molar-refractivity contribution in [3.63, 3.8) is 0 Å². The van der Waals surface area contributed by atoms with E-state index in [0.29, 0.717) is 15.6 Å². The van der Waals surface area contributed by atoms with Crippen LogP contribution >= 0.6 is 34.9 Å². The molecule has 204 valence electrons. The van der Waals surface area contributed by atoms with Crippen molar-refractivity contribution in [2.75, 3.05) is 36.2 Å². The zero-order valence-electron chi connectivity index (χ0n) is 21.0. The first-order valence-corrected chi connectivity index (χ1v) is 14.7. The summed E-state index contributed by atoms with van der Waals surface area (Å²) in [5.74, 6) is -1.92. The Labute approximate surface area is 231 Å². The van der Waals surface area contributed by atoms with Crippen molar-refractivity contribution < 1.29 is 34.1 Å². The molecule has 2 amide bonds. The number of aliphatic carboxylic acids is 1. The van der Waals surface area contributed by atoms with Crippen LogP contribution < -0.4 is 4.90 Å². The number of benzene rings is 1. The fraction of sp³-hybridized carbons (Fsp3) is 0.500. The largest absolute Gasteiger partial charge is 0.481 e. The Morgan fingerprint density at radius 3 is 2.55 bits per heavy atom. The Morgan fingerprint density at radius 2 is 1.97 bits per heavy atom. The summed E-state index contributed by atoms with van der Waals surface area (Å²) in [4.78, 5) is 53.3. The number of ether oxygens (including phenoxy) is 1. The molecule has 3 heterocycles. The van der Waals surface area contributed by atoms with Gasteiger partial charge in [0.05, 0.1) is 12.2 Å². The van der Waals surface area contributed by atoms with Gasteiger partial charge in [-0.3, -0.25) is 19.3 Å². The smallest absolute Gasteiger partial charge is 0.338 e. The summed E-state index contributed by atoms with van der Waals surface area (Å²) in [6.07, 6.45) is 0. The maximum atomic E-state index is 13.3. The molecule has 1 aromatic carbocycles. The highest BCUT2D eigenvalue weighted by molar-refractivity contribution is 8.01. The second-order valence-electron chi connectivity index (χ2n) is 9.53. The lowest BCUT2D eigenvalue weighted by atomic mass is 9.89. The minimum Gasteiger partial charge on any atom is -0.481 e. The van der Waals surface area contributed by atoms with Crippen molar-refractivity contribution in [2.24, 2.45) is 11.3 Å². The molecule has 2 N–H and O–H groups in total. The number of amides is 2. The molecule has 0 spiro atoms. The number of hydrogen-bond donors (Lipinski definition) is 2. The highest BCUT2D eigenvalue weighted by Crippen LogP contribution is 2.46. The van der Waals surface area contributed by atoms with Crippen molar-refractivity contribution in [3.05, 3.63) is 34.8 Å². The van der Waals surface area contributed by atoms with E-state index in [-0.39, 0.29) is 30.6 Å². The van der Waals surface area contributed by atoms with Crippen LogP contribution in [0.3, 0.4) is 0 Å². The van der Waals surface area contributed by atoms with E-state index in [9.17, 15) is 29.4 Å². The Hall–Kier alpha value is -2.68. The monoisotopic (exact) mass is 580 g/mol. The minimum absolute atomic E-state index is 0.00189. The number of esters is 1. The second-order valence-corrected chi connectivity index (χ2v) is 13.0. The lowest BCUT2D eigenvalue weighted by Crippen LogP contribution is -2.75. The number of carboxylic acid groups (broad SMARTS) is 1. The molecule has 2 aliphatic rings. The molecule has 0 bridgehead atoms. The van der Waals surface area contributed by atoms with Gasteiger partial charge in [0.25, 0.3) is 5.91 Å². The molecule has 0 saturated carbocycles. The number of carbonyl (C=O) groups excluding carboxylic acids is 3. The molecule has 2 saturated heterocycles. The first kappa shape index (κ1) is 28.3. The molecule has 4 rings (SSSR count). The van der Waals surface area contributed by atoms with E-state index in [2.05, 4.69) is 10.2 Å². The van der Waals surface area contributed by atoms with Crippen LogP contribution in [0.25, 0.3) is 0 Å². The standard InChI is InChI=1S/C24H28N4O7S3/c1-13(2)9-35-21(32)15-4-6-16(7-5-15)28(17(30)8-29)18-19(31)27-10-24(22(33)34,11-36-20(18)27)12-37-23-26-25-14(3)38-23/h4-7,13,18,20,29H,8-12H2,1-3H3,(H,33,34)/t18?,20-,24?/m1/s1. The zero-order chi connectivity index (χ0) is 27.6. The number of aliphatic hydroxyl groups is 1. The molecule has 3 atom stereocenters. The molecule has 2 aromatic rings. The van der Waals surface area contributed by atoms with Gasteiger partial charge in [0.15, 0.2) is 4.34 Å². The van der Waals surface area contributed by atoms with Crippen LogP contribution in [-0.4, -0.2) is 91.7 Å². The van der Waals surface area contributed by atoms with E-state index >= 15 is 0 Å². The van der Waals surface area contributed by atoms with Crippen molar-refractivity contribution in [1.82, 2.24) is 15.1 Å². The van der Waals surface area contributed by atoms with Gasteiger partial charge in [-0.25, -0.2) is 4.79 Å². The quantitative estimate of drug-likeness (QED) is 0.242. The summed E-state index contributed by atoms with van der Waals surface area (Å²) < 4.78 is 5.90. The molecule has 1 aromatic heterocycles. The number of aliphatic hydroxyl groups excluding tert-OH is 1. The summed E-state index contributed by atoms with van der Waals surface area (Å²) in [5, 5.41) is 28.0. The lowest BCUT2D eigenvalue weighted by Gasteiger charge is -2.56. The third-order valence-corrected chi connectivity index (χ3v) is 10.00. The summed E-state index contributed by atoms with van der Waals surface area (Å²) in [7, 11) is 0. The van der Waals surface area contributed by atoms with Crippen LogP contribution in [0.4, 0.5) is 5.69 Å². The van der Waals surface area contributed by atoms with E-state index in [1.54, 1.807) is 0 Å². The number of carbonyl (C=O) groups is 4. The highest BCUT2D eigenvalue weighted by atomic mass is 32.2. The Morgan fingerprint density at radius 1 is 1.26 bits per heavy atom. The number of aromatic nitrogens is 2. The van der Waals surface area contributed by atoms with Gasteiger partial charge in [-0.15, -0.1) is 22.0 Å². The normalized spacial score (nSPS) is 22.6. The molecular formula is C24H28N4O7S3. The van der Waals surface area contributed by atoms with Gasteiger partial charge < -0.3 is 19.8 Å². The van der Waals surface area contributed by atoms with Gasteiger partial charge in [-0.2, -0.15) is 0 Å². The van der Waals surface area contributed by atoms with Gasteiger partial charge in [0.1, 0.15) is 28.4 Å². The van der Waals surface area contributed by atoms with Gasteiger partial charge in [-0.1, -0.05) is 36.9 Å². The maximum absolute atomic E-state index is 13.3. The van der Waals surface area contributed by atoms with Crippen molar-refractivity contribution in [1.29, 1.82) is 0 Å². The third-order valence-electron chi connectivity index (χ3n) is 6.16. The van der Waals surface area contributed by atoms with Crippen LogP contribution in [0.5, 0.6) is 0 Å². The number of anilines is 1. The van der Waals surface area contributed by atoms with Crippen LogP contribution in [-0.2, 0) is 19.1 Å². The summed E-state index contributed by atoms with van der Waals surface area (Å²) in [6.45, 7) is 5.14. The Kier molecular flexibility index (Phi) is 8.65. The van der Waals surface area contributed by atoms with Gasteiger partial charge >= 0.3 is 11.9 Å². The zero-order valence-corrected chi connectivity index (χ0v) is 23.5. The fourth-order valence-corrected chi connectivity index (χ4v) is 7.86. The first-order valence-electron chi connectivity index (χ1n) is 11.8. The maximum Gasteiger partial charge on any atom is 0.338 e. The Balaban J connectivity index is 1.49. The molecule has 2 fully saturated rings. The van der Waals surface area contributed by atoms with Crippen molar-refractivity contribution in [2.45, 2.75) is 36.5 Å². The topological polar surface area (TPSA) is 150 Å². The van der Waals surface area contributed by atoms with E-state index in [1.165, 1.54) is 68.9 Å². The third kappa shape index (κ3) is 5.67. The predicted molar refractivity (Wildman–Crippen MR) is 143 cm³/mol. The molecular weight excluding hydrogens is 552 g/mol. The van der Waals surface area contributed by atoms with Gasteiger partial charge in [-0.05, 0) is 37.1 Å². The molecule has 0 aliphatic carbocycles. The number of nitrogens with zero attached hydrogens (tertiary/aromatic N) is 4. The average Bonchev–Trinajstić information content (AvgIpc) is 3.33. The van der Waals surface area contributed by atoms with E-state index in [4.69, 9.17) is 4.74 Å². The van der Waals surface area contributed by atoms with Crippen LogP contribution in [0.1, 0.15) is 29.2 Å². The molecule has 38 heavy (non-hydrogen) atoms. The molecule has 11 nitrogen and oxygen atoms in total. The highest BCUT2D eigenvalue weighted by Gasteiger charge is 2.59. The van der Waals surface area contributed by atoms with E-state index in [1.807, 2.05) is 20.8 Å². The SMILES string of the molecule is Cc1nnc(SCC2(C(=O)O)CS[C@@H]3C(N(C(=O)CO)c4ccc(C(=O)OCC(C)C)cc4)C(=O)N3C2)s1. The van der Waals surface area contributed by atoms with Crippen molar-refractivity contribution in [3.8, 4) is 0 Å². The molecule has 2 aliphatic heterocycles. The fourth-order valence-electron chi connectivity index (χ4n) is 4.14. The first-order chi connectivity index (χ1) is 18.1. The number of β-lactam (4-membered cyclic amide) rings is 1.